The van der Waals surface area contributed by atoms with Crippen LogP contribution in [-0.4, -0.2) is 23.5 Å². The number of carbonyl (C=O) groups is 2. The zero-order valence-corrected chi connectivity index (χ0v) is 8.56. The Morgan fingerprint density at radius 3 is 2.69 bits per heavy atom. The Morgan fingerprint density at radius 2 is 2.06 bits per heavy atom. The van der Waals surface area contributed by atoms with Gasteiger partial charge in [-0.25, -0.2) is 0 Å². The third kappa shape index (κ3) is 3.14. The molecular formula is C12H11NO3. The molecule has 0 spiro atoms. The highest BCUT2D eigenvalue weighted by Crippen LogP contribution is 2.09. The summed E-state index contributed by atoms with van der Waals surface area (Å²) < 4.78 is 0. The summed E-state index contributed by atoms with van der Waals surface area (Å²) in [5, 5.41) is 11.2. The maximum absolute atomic E-state index is 11.6. The van der Waals surface area contributed by atoms with Crippen LogP contribution in [0, 0.1) is 12.3 Å². The van der Waals surface area contributed by atoms with Gasteiger partial charge in [-0.15, -0.1) is 6.42 Å². The first-order chi connectivity index (χ1) is 7.65. The zero-order valence-electron chi connectivity index (χ0n) is 8.56. The standard InChI is InChI=1S/C12H11NO3/c1-2-7-13-12(16)10-6-4-3-5-9(10)8-11(14)15/h1,3-6H,7-8H2,(H,13,16)(H,14,15). The smallest absolute Gasteiger partial charge is 0.307 e. The number of benzene rings is 1. The Morgan fingerprint density at radius 1 is 1.38 bits per heavy atom. The monoisotopic (exact) mass is 217 g/mol. The van der Waals surface area contributed by atoms with Gasteiger partial charge in [0.05, 0.1) is 13.0 Å². The van der Waals surface area contributed by atoms with E-state index in [0.29, 0.717) is 11.1 Å². The molecule has 16 heavy (non-hydrogen) atoms. The molecule has 4 nitrogen and oxygen atoms in total. The molecule has 0 saturated carbocycles. The summed E-state index contributed by atoms with van der Waals surface area (Å²) in [6.45, 7) is 0.125. The molecule has 1 rings (SSSR count). The fraction of sp³-hybridized carbons (Fsp3) is 0.167. The number of carboxylic acids is 1. The Labute approximate surface area is 93.3 Å². The Kier molecular flexibility index (Phi) is 4.10. The van der Waals surface area contributed by atoms with Crippen LogP contribution in [0.1, 0.15) is 15.9 Å². The molecule has 0 heterocycles. The highest BCUT2D eigenvalue weighted by Gasteiger charge is 2.11. The van der Waals surface area contributed by atoms with E-state index in [1.54, 1.807) is 24.3 Å². The highest BCUT2D eigenvalue weighted by molar-refractivity contribution is 5.96. The predicted molar refractivity (Wildman–Crippen MR) is 58.9 cm³/mol. The van der Waals surface area contributed by atoms with E-state index in [1.807, 2.05) is 0 Å². The van der Waals surface area contributed by atoms with E-state index in [9.17, 15) is 9.59 Å². The van der Waals surface area contributed by atoms with Crippen molar-refractivity contribution in [3.63, 3.8) is 0 Å². The molecule has 4 heteroatoms. The lowest BCUT2D eigenvalue weighted by molar-refractivity contribution is -0.136. The van der Waals surface area contributed by atoms with Gasteiger partial charge in [-0.3, -0.25) is 9.59 Å². The summed E-state index contributed by atoms with van der Waals surface area (Å²) in [4.78, 5) is 22.2. The van der Waals surface area contributed by atoms with Gasteiger partial charge in [-0.05, 0) is 11.6 Å². The normalized spacial score (nSPS) is 9.19. The number of carbonyl (C=O) groups excluding carboxylic acids is 1. The molecule has 2 N–H and O–H groups in total. The zero-order chi connectivity index (χ0) is 12.0. The van der Waals surface area contributed by atoms with Crippen molar-refractivity contribution in [2.24, 2.45) is 0 Å². The minimum atomic E-state index is -0.975. The summed E-state index contributed by atoms with van der Waals surface area (Å²) in [6, 6.07) is 6.55. The summed E-state index contributed by atoms with van der Waals surface area (Å²) in [6.07, 6.45) is 4.83. The molecule has 0 unspecified atom stereocenters. The molecule has 1 aromatic rings. The molecule has 0 atom stereocenters. The van der Waals surface area contributed by atoms with Crippen molar-refractivity contribution in [3.05, 3.63) is 35.4 Å². The van der Waals surface area contributed by atoms with Crippen molar-refractivity contribution in [2.45, 2.75) is 6.42 Å². The van der Waals surface area contributed by atoms with E-state index in [1.165, 1.54) is 0 Å². The quantitative estimate of drug-likeness (QED) is 0.729. The molecule has 0 aliphatic rings. The third-order valence-corrected chi connectivity index (χ3v) is 1.95. The molecule has 0 radical (unpaired) electrons. The van der Waals surface area contributed by atoms with Gasteiger partial charge in [0.1, 0.15) is 0 Å². The summed E-state index contributed by atoms with van der Waals surface area (Å²) >= 11 is 0. The fourth-order valence-corrected chi connectivity index (χ4v) is 1.29. The summed E-state index contributed by atoms with van der Waals surface area (Å²) in [5.74, 6) is 0.953. The lowest BCUT2D eigenvalue weighted by Gasteiger charge is -2.06. The van der Waals surface area contributed by atoms with Crippen LogP contribution >= 0.6 is 0 Å². The molecule has 0 saturated heterocycles. The van der Waals surface area contributed by atoms with E-state index in [2.05, 4.69) is 11.2 Å². The van der Waals surface area contributed by atoms with E-state index in [4.69, 9.17) is 11.5 Å². The van der Waals surface area contributed by atoms with E-state index >= 15 is 0 Å². The van der Waals surface area contributed by atoms with Crippen LogP contribution < -0.4 is 5.32 Å². The summed E-state index contributed by atoms with van der Waals surface area (Å²) in [5.41, 5.74) is 0.824. The van der Waals surface area contributed by atoms with Crippen molar-refractivity contribution >= 4 is 11.9 Å². The number of hydrogen-bond donors (Lipinski definition) is 2. The van der Waals surface area contributed by atoms with Gasteiger partial charge in [0.2, 0.25) is 0 Å². The molecule has 0 aromatic heterocycles. The number of nitrogens with one attached hydrogen (secondary N) is 1. The highest BCUT2D eigenvalue weighted by atomic mass is 16.4. The number of hydrogen-bond acceptors (Lipinski definition) is 2. The van der Waals surface area contributed by atoms with Gasteiger partial charge in [-0.2, -0.15) is 0 Å². The van der Waals surface area contributed by atoms with Crippen molar-refractivity contribution < 1.29 is 14.7 Å². The van der Waals surface area contributed by atoms with Gasteiger partial charge in [0, 0.05) is 5.56 Å². The number of amides is 1. The second-order valence-corrected chi connectivity index (χ2v) is 3.11. The SMILES string of the molecule is C#CCNC(=O)c1ccccc1CC(=O)O. The van der Waals surface area contributed by atoms with Crippen LogP contribution in [-0.2, 0) is 11.2 Å². The van der Waals surface area contributed by atoms with Crippen LogP contribution in [0.3, 0.4) is 0 Å². The molecule has 0 aliphatic carbocycles. The second kappa shape index (κ2) is 5.56. The van der Waals surface area contributed by atoms with Crippen LogP contribution in [0.4, 0.5) is 0 Å². The van der Waals surface area contributed by atoms with Gasteiger partial charge in [0.15, 0.2) is 0 Å². The lowest BCUT2D eigenvalue weighted by Crippen LogP contribution is -2.25. The number of aliphatic carboxylic acids is 1. The predicted octanol–water partition coefficient (Wildman–Crippen LogP) is 0.677. The number of rotatable bonds is 4. The van der Waals surface area contributed by atoms with E-state index in [0.717, 1.165) is 0 Å². The lowest BCUT2D eigenvalue weighted by atomic mass is 10.0. The van der Waals surface area contributed by atoms with Crippen LogP contribution in [0.25, 0.3) is 0 Å². The fourth-order valence-electron chi connectivity index (χ4n) is 1.29. The molecule has 1 amide bonds. The van der Waals surface area contributed by atoms with Crippen LogP contribution in [0.15, 0.2) is 24.3 Å². The van der Waals surface area contributed by atoms with Gasteiger partial charge < -0.3 is 10.4 Å². The topological polar surface area (TPSA) is 66.4 Å². The minimum Gasteiger partial charge on any atom is -0.481 e. The van der Waals surface area contributed by atoms with E-state index in [-0.39, 0.29) is 18.9 Å². The maximum atomic E-state index is 11.6. The molecular weight excluding hydrogens is 206 g/mol. The average Bonchev–Trinajstić information content (AvgIpc) is 2.26. The Balaban J connectivity index is 2.90. The van der Waals surface area contributed by atoms with E-state index < -0.39 is 5.97 Å². The number of terminal acetylenes is 1. The van der Waals surface area contributed by atoms with Crippen molar-refractivity contribution in [1.29, 1.82) is 0 Å². The molecule has 0 aliphatic heterocycles. The molecule has 1 aromatic carbocycles. The second-order valence-electron chi connectivity index (χ2n) is 3.11. The third-order valence-electron chi connectivity index (χ3n) is 1.95. The molecule has 0 bridgehead atoms. The molecule has 82 valence electrons. The minimum absolute atomic E-state index is 0.125. The van der Waals surface area contributed by atoms with Crippen molar-refractivity contribution in [2.75, 3.05) is 6.54 Å². The van der Waals surface area contributed by atoms with Crippen LogP contribution in [0.2, 0.25) is 0 Å². The molecule has 0 fully saturated rings. The first-order valence-corrected chi connectivity index (χ1v) is 4.66. The maximum Gasteiger partial charge on any atom is 0.307 e. The summed E-state index contributed by atoms with van der Waals surface area (Å²) in [7, 11) is 0. The first-order valence-electron chi connectivity index (χ1n) is 4.66. The van der Waals surface area contributed by atoms with Crippen molar-refractivity contribution in [1.82, 2.24) is 5.32 Å². The van der Waals surface area contributed by atoms with Gasteiger partial charge in [-0.1, -0.05) is 24.1 Å². The van der Waals surface area contributed by atoms with Crippen molar-refractivity contribution in [3.8, 4) is 12.3 Å². The largest absolute Gasteiger partial charge is 0.481 e. The van der Waals surface area contributed by atoms with Gasteiger partial charge in [0.25, 0.3) is 5.91 Å². The first kappa shape index (κ1) is 11.8. The Hall–Kier alpha value is -2.28. The average molecular weight is 217 g/mol. The number of carboxylic acid groups (broad SMARTS) is 1. The Bertz CT molecular complexity index is 446. The van der Waals surface area contributed by atoms with Crippen LogP contribution in [0.5, 0.6) is 0 Å². The van der Waals surface area contributed by atoms with Gasteiger partial charge >= 0.3 is 5.97 Å².